The van der Waals surface area contributed by atoms with Gasteiger partial charge in [-0.25, -0.2) is 13.5 Å². The summed E-state index contributed by atoms with van der Waals surface area (Å²) >= 11 is 5.58. The predicted octanol–water partition coefficient (Wildman–Crippen LogP) is 2.78. The molecule has 2 aromatic rings. The second kappa shape index (κ2) is 5.91. The zero-order valence-electron chi connectivity index (χ0n) is 9.61. The molecule has 3 nitrogen and oxygen atoms in total. The van der Waals surface area contributed by atoms with Gasteiger partial charge in [0.2, 0.25) is 0 Å². The minimum absolute atomic E-state index is 0.164. The first-order valence-corrected chi connectivity index (χ1v) is 6.12. The van der Waals surface area contributed by atoms with Gasteiger partial charge in [0.05, 0.1) is 12.2 Å². The zero-order valence-corrected chi connectivity index (χ0v) is 10.4. The van der Waals surface area contributed by atoms with Gasteiger partial charge in [0.15, 0.2) is 11.6 Å². The van der Waals surface area contributed by atoms with Crippen LogP contribution in [0.5, 0.6) is 0 Å². The van der Waals surface area contributed by atoms with E-state index in [0.717, 1.165) is 24.6 Å². The summed E-state index contributed by atoms with van der Waals surface area (Å²) < 4.78 is 27.9. The number of nitrogens with zero attached hydrogens (tertiary/aromatic N) is 3. The summed E-state index contributed by atoms with van der Waals surface area (Å²) in [4.78, 5) is 0. The second-order valence-corrected chi connectivity index (χ2v) is 4.29. The number of hydrogen-bond acceptors (Lipinski definition) is 2. The van der Waals surface area contributed by atoms with Gasteiger partial charge in [-0.2, -0.15) is 0 Å². The van der Waals surface area contributed by atoms with Crippen molar-refractivity contribution >= 4 is 11.6 Å². The topological polar surface area (TPSA) is 30.7 Å². The Bertz CT molecular complexity index is 528. The van der Waals surface area contributed by atoms with Crippen molar-refractivity contribution in [1.82, 2.24) is 15.0 Å². The molecule has 1 aromatic carbocycles. The molecule has 0 bridgehead atoms. The quantitative estimate of drug-likeness (QED) is 0.783. The molecule has 0 saturated carbocycles. The predicted molar refractivity (Wildman–Crippen MR) is 64.5 cm³/mol. The Hall–Kier alpha value is -1.49. The number of aromatic nitrogens is 3. The van der Waals surface area contributed by atoms with E-state index in [1.807, 2.05) is 0 Å². The molecular formula is C12H12ClF2N3. The number of rotatable bonds is 5. The summed E-state index contributed by atoms with van der Waals surface area (Å²) in [5, 5.41) is 7.81. The van der Waals surface area contributed by atoms with E-state index < -0.39 is 11.6 Å². The minimum atomic E-state index is -0.852. The molecule has 2 rings (SSSR count). The molecule has 0 radical (unpaired) electrons. The molecule has 1 aromatic heterocycles. The number of alkyl halides is 1. The number of halogens is 3. The van der Waals surface area contributed by atoms with Gasteiger partial charge in [-0.05, 0) is 18.9 Å². The maximum Gasteiger partial charge on any atom is 0.163 e. The molecule has 0 amide bonds. The van der Waals surface area contributed by atoms with E-state index in [1.165, 1.54) is 16.8 Å². The SMILES string of the molecule is Fc1cccc(Cn2cc(CCCCl)nn2)c1F. The van der Waals surface area contributed by atoms with Gasteiger partial charge in [-0.3, -0.25) is 0 Å². The summed E-state index contributed by atoms with van der Waals surface area (Å²) in [5.41, 5.74) is 1.05. The van der Waals surface area contributed by atoms with Crippen LogP contribution in [0.4, 0.5) is 8.78 Å². The van der Waals surface area contributed by atoms with Crippen LogP contribution in [0.2, 0.25) is 0 Å². The third-order valence-electron chi connectivity index (χ3n) is 2.52. The Morgan fingerprint density at radius 2 is 2.11 bits per heavy atom. The van der Waals surface area contributed by atoms with Crippen molar-refractivity contribution < 1.29 is 8.78 Å². The lowest BCUT2D eigenvalue weighted by Gasteiger charge is -2.02. The van der Waals surface area contributed by atoms with E-state index in [9.17, 15) is 8.78 Å². The molecule has 0 aliphatic carbocycles. The van der Waals surface area contributed by atoms with Gasteiger partial charge >= 0.3 is 0 Å². The molecule has 0 aliphatic heterocycles. The molecule has 96 valence electrons. The maximum atomic E-state index is 13.4. The number of hydrogen-bond donors (Lipinski definition) is 0. The van der Waals surface area contributed by atoms with Crippen LogP contribution in [0, 0.1) is 11.6 Å². The van der Waals surface area contributed by atoms with E-state index in [1.54, 1.807) is 6.20 Å². The molecule has 1 heterocycles. The summed E-state index contributed by atoms with van der Waals surface area (Å²) in [5.74, 6) is -1.13. The lowest BCUT2D eigenvalue weighted by molar-refractivity contribution is 0.490. The van der Waals surface area contributed by atoms with Gasteiger partial charge in [-0.1, -0.05) is 17.3 Å². The second-order valence-electron chi connectivity index (χ2n) is 3.91. The standard InChI is InChI=1S/C12H12ClF2N3/c13-6-2-4-10-8-18(17-16-10)7-9-3-1-5-11(14)12(9)15/h1,3,5,8H,2,4,6-7H2. The highest BCUT2D eigenvalue weighted by Crippen LogP contribution is 2.12. The highest BCUT2D eigenvalue weighted by Gasteiger charge is 2.09. The van der Waals surface area contributed by atoms with Crippen molar-refractivity contribution in [3.05, 3.63) is 47.3 Å². The maximum absolute atomic E-state index is 13.4. The molecule has 0 unspecified atom stereocenters. The average molecular weight is 272 g/mol. The highest BCUT2D eigenvalue weighted by molar-refractivity contribution is 6.17. The van der Waals surface area contributed by atoms with E-state index in [-0.39, 0.29) is 12.1 Å². The van der Waals surface area contributed by atoms with Crippen molar-refractivity contribution in [1.29, 1.82) is 0 Å². The van der Waals surface area contributed by atoms with Crippen molar-refractivity contribution in [2.24, 2.45) is 0 Å². The Labute approximate surface area is 108 Å². The first-order valence-electron chi connectivity index (χ1n) is 5.58. The molecule has 0 fully saturated rings. The fourth-order valence-corrected chi connectivity index (χ4v) is 1.76. The summed E-state index contributed by atoms with van der Waals surface area (Å²) in [6.45, 7) is 0.164. The van der Waals surface area contributed by atoms with Crippen molar-refractivity contribution in [2.45, 2.75) is 19.4 Å². The molecule has 0 N–H and O–H groups in total. The Morgan fingerprint density at radius 1 is 1.28 bits per heavy atom. The Balaban J connectivity index is 2.09. The van der Waals surface area contributed by atoms with Crippen molar-refractivity contribution in [3.63, 3.8) is 0 Å². The highest BCUT2D eigenvalue weighted by atomic mass is 35.5. The Morgan fingerprint density at radius 3 is 2.89 bits per heavy atom. The van der Waals surface area contributed by atoms with Crippen LogP contribution in [0.3, 0.4) is 0 Å². The first kappa shape index (κ1) is 13.0. The molecule has 18 heavy (non-hydrogen) atoms. The van der Waals surface area contributed by atoms with E-state index in [0.29, 0.717) is 5.88 Å². The van der Waals surface area contributed by atoms with E-state index in [2.05, 4.69) is 10.3 Å². The van der Waals surface area contributed by atoms with Gasteiger partial charge < -0.3 is 0 Å². The van der Waals surface area contributed by atoms with Crippen molar-refractivity contribution in [3.8, 4) is 0 Å². The van der Waals surface area contributed by atoms with Crippen LogP contribution in [0.15, 0.2) is 24.4 Å². The van der Waals surface area contributed by atoms with Gasteiger partial charge in [-0.15, -0.1) is 16.7 Å². The lowest BCUT2D eigenvalue weighted by atomic mass is 10.2. The van der Waals surface area contributed by atoms with Crippen LogP contribution < -0.4 is 0 Å². The number of benzene rings is 1. The third-order valence-corrected chi connectivity index (χ3v) is 2.78. The third kappa shape index (κ3) is 3.04. The molecule has 6 heteroatoms. The minimum Gasteiger partial charge on any atom is -0.248 e. The normalized spacial score (nSPS) is 10.8. The van der Waals surface area contributed by atoms with E-state index in [4.69, 9.17) is 11.6 Å². The number of aryl methyl sites for hydroxylation is 1. The lowest BCUT2D eigenvalue weighted by Crippen LogP contribution is -2.04. The largest absolute Gasteiger partial charge is 0.248 e. The van der Waals surface area contributed by atoms with Gasteiger partial charge in [0, 0.05) is 17.6 Å². The average Bonchev–Trinajstić information content (AvgIpc) is 2.80. The van der Waals surface area contributed by atoms with Crippen LogP contribution in [0.1, 0.15) is 17.7 Å². The monoisotopic (exact) mass is 271 g/mol. The molecule has 0 saturated heterocycles. The van der Waals surface area contributed by atoms with E-state index >= 15 is 0 Å². The first-order chi connectivity index (χ1) is 8.70. The fraction of sp³-hybridized carbons (Fsp3) is 0.333. The van der Waals surface area contributed by atoms with Gasteiger partial charge in [0.25, 0.3) is 0 Å². The van der Waals surface area contributed by atoms with Gasteiger partial charge in [0.1, 0.15) is 0 Å². The van der Waals surface area contributed by atoms with Crippen LogP contribution >= 0.6 is 11.6 Å². The molecule has 0 atom stereocenters. The smallest absolute Gasteiger partial charge is 0.163 e. The summed E-state index contributed by atoms with van der Waals surface area (Å²) in [7, 11) is 0. The Kier molecular flexibility index (Phi) is 4.25. The van der Waals surface area contributed by atoms with Crippen LogP contribution in [0.25, 0.3) is 0 Å². The van der Waals surface area contributed by atoms with Crippen LogP contribution in [-0.2, 0) is 13.0 Å². The summed E-state index contributed by atoms with van der Waals surface area (Å²) in [6, 6.07) is 4.09. The van der Waals surface area contributed by atoms with Crippen molar-refractivity contribution in [2.75, 3.05) is 5.88 Å². The molecule has 0 spiro atoms. The molecule has 0 aliphatic rings. The fourth-order valence-electron chi connectivity index (χ4n) is 1.62. The zero-order chi connectivity index (χ0) is 13.0. The summed E-state index contributed by atoms with van der Waals surface area (Å²) in [6.07, 6.45) is 3.26. The molecular weight excluding hydrogens is 260 g/mol. The van der Waals surface area contributed by atoms with Crippen LogP contribution in [-0.4, -0.2) is 20.9 Å².